The minimum absolute atomic E-state index is 0.0345. The molecule has 0 aliphatic heterocycles. The van der Waals surface area contributed by atoms with Crippen LogP contribution in [-0.4, -0.2) is 12.5 Å². The SMILES string of the molecule is CCC1(CNC(=O)c2cc(N)cc(Br)c2)CCCC1. The molecule has 0 bridgehead atoms. The van der Waals surface area contributed by atoms with Gasteiger partial charge in [-0.15, -0.1) is 0 Å². The van der Waals surface area contributed by atoms with Gasteiger partial charge in [0.2, 0.25) is 0 Å². The third-order valence-electron chi connectivity index (χ3n) is 4.22. The molecule has 3 N–H and O–H groups in total. The van der Waals surface area contributed by atoms with Gasteiger partial charge in [-0.2, -0.15) is 0 Å². The Kier molecular flexibility index (Phi) is 4.50. The molecule has 4 heteroatoms. The Morgan fingerprint density at radius 2 is 2.05 bits per heavy atom. The molecule has 1 aromatic carbocycles. The van der Waals surface area contributed by atoms with Crippen molar-refractivity contribution in [1.29, 1.82) is 0 Å². The van der Waals surface area contributed by atoms with Gasteiger partial charge in [-0.1, -0.05) is 35.7 Å². The fourth-order valence-electron chi connectivity index (χ4n) is 2.89. The molecule has 0 spiro atoms. The molecule has 1 aliphatic carbocycles. The number of amides is 1. The standard InChI is InChI=1S/C15H21BrN2O/c1-2-15(5-3-4-6-15)10-18-14(19)11-7-12(16)9-13(17)8-11/h7-9H,2-6,10,17H2,1H3,(H,18,19). The average molecular weight is 325 g/mol. The number of carbonyl (C=O) groups is 1. The number of carbonyl (C=O) groups excluding carboxylic acids is 1. The van der Waals surface area contributed by atoms with Crippen molar-refractivity contribution in [3.63, 3.8) is 0 Å². The third kappa shape index (κ3) is 3.50. The van der Waals surface area contributed by atoms with Crippen molar-refractivity contribution in [3.05, 3.63) is 28.2 Å². The van der Waals surface area contributed by atoms with Crippen molar-refractivity contribution in [2.45, 2.75) is 39.0 Å². The predicted molar refractivity (Wildman–Crippen MR) is 82.1 cm³/mol. The summed E-state index contributed by atoms with van der Waals surface area (Å²) in [5.74, 6) is -0.0345. The van der Waals surface area contributed by atoms with E-state index in [0.29, 0.717) is 16.7 Å². The molecular formula is C15H21BrN2O. The van der Waals surface area contributed by atoms with Gasteiger partial charge in [-0.3, -0.25) is 4.79 Å². The van der Waals surface area contributed by atoms with Crippen LogP contribution in [0.4, 0.5) is 5.69 Å². The molecule has 1 aliphatic rings. The largest absolute Gasteiger partial charge is 0.399 e. The molecule has 0 unspecified atom stereocenters. The Hall–Kier alpha value is -1.03. The number of rotatable bonds is 4. The summed E-state index contributed by atoms with van der Waals surface area (Å²) in [6.07, 6.45) is 6.16. The van der Waals surface area contributed by atoms with E-state index in [0.717, 1.165) is 17.4 Å². The molecule has 0 radical (unpaired) electrons. The highest BCUT2D eigenvalue weighted by Crippen LogP contribution is 2.40. The van der Waals surface area contributed by atoms with Crippen LogP contribution in [0.5, 0.6) is 0 Å². The third-order valence-corrected chi connectivity index (χ3v) is 4.68. The summed E-state index contributed by atoms with van der Waals surface area (Å²) >= 11 is 3.36. The van der Waals surface area contributed by atoms with E-state index in [1.165, 1.54) is 25.7 Å². The average Bonchev–Trinajstić information content (AvgIpc) is 2.84. The zero-order valence-electron chi connectivity index (χ0n) is 11.3. The lowest BCUT2D eigenvalue weighted by Gasteiger charge is -2.27. The number of nitrogens with one attached hydrogen (secondary N) is 1. The van der Waals surface area contributed by atoms with E-state index >= 15 is 0 Å². The molecule has 3 nitrogen and oxygen atoms in total. The highest BCUT2D eigenvalue weighted by molar-refractivity contribution is 9.10. The molecule has 0 atom stereocenters. The number of benzene rings is 1. The van der Waals surface area contributed by atoms with Crippen LogP contribution in [0.3, 0.4) is 0 Å². The number of halogens is 1. The molecule has 0 heterocycles. The van der Waals surface area contributed by atoms with Gasteiger partial charge in [-0.05, 0) is 42.9 Å². The summed E-state index contributed by atoms with van der Waals surface area (Å²) in [5, 5.41) is 3.07. The second-order valence-corrected chi connectivity index (χ2v) is 6.43. The molecule has 1 fully saturated rings. The summed E-state index contributed by atoms with van der Waals surface area (Å²) in [6, 6.07) is 5.31. The van der Waals surface area contributed by atoms with Gasteiger partial charge in [0.25, 0.3) is 5.91 Å². The van der Waals surface area contributed by atoms with Gasteiger partial charge in [0.05, 0.1) is 0 Å². The van der Waals surface area contributed by atoms with Crippen LogP contribution in [0.1, 0.15) is 49.4 Å². The molecular weight excluding hydrogens is 304 g/mol. The Morgan fingerprint density at radius 1 is 1.37 bits per heavy atom. The van der Waals surface area contributed by atoms with E-state index in [1.54, 1.807) is 18.2 Å². The van der Waals surface area contributed by atoms with Crippen molar-refractivity contribution < 1.29 is 4.79 Å². The second kappa shape index (κ2) is 5.95. The highest BCUT2D eigenvalue weighted by Gasteiger charge is 2.32. The Balaban J connectivity index is 2.01. The summed E-state index contributed by atoms with van der Waals surface area (Å²) in [7, 11) is 0. The van der Waals surface area contributed by atoms with Gasteiger partial charge in [0.15, 0.2) is 0 Å². The van der Waals surface area contributed by atoms with Gasteiger partial charge in [0.1, 0.15) is 0 Å². The first-order valence-corrected chi connectivity index (χ1v) is 7.68. The van der Waals surface area contributed by atoms with Crippen LogP contribution < -0.4 is 11.1 Å². The maximum Gasteiger partial charge on any atom is 0.251 e. The minimum Gasteiger partial charge on any atom is -0.399 e. The highest BCUT2D eigenvalue weighted by atomic mass is 79.9. The van der Waals surface area contributed by atoms with Gasteiger partial charge in [-0.25, -0.2) is 0 Å². The molecule has 0 saturated heterocycles. The number of hydrogen-bond donors (Lipinski definition) is 2. The summed E-state index contributed by atoms with van der Waals surface area (Å²) in [5.41, 5.74) is 7.29. The molecule has 19 heavy (non-hydrogen) atoms. The van der Waals surface area contributed by atoms with E-state index in [-0.39, 0.29) is 5.91 Å². The fraction of sp³-hybridized carbons (Fsp3) is 0.533. The first-order chi connectivity index (χ1) is 9.04. The number of anilines is 1. The first-order valence-electron chi connectivity index (χ1n) is 6.89. The van der Waals surface area contributed by atoms with Gasteiger partial charge >= 0.3 is 0 Å². The molecule has 104 valence electrons. The van der Waals surface area contributed by atoms with Crippen molar-refractivity contribution in [3.8, 4) is 0 Å². The molecule has 1 aromatic rings. The Morgan fingerprint density at radius 3 is 2.63 bits per heavy atom. The van der Waals surface area contributed by atoms with E-state index in [9.17, 15) is 4.79 Å². The van der Waals surface area contributed by atoms with Crippen molar-refractivity contribution in [2.24, 2.45) is 5.41 Å². The predicted octanol–water partition coefficient (Wildman–Crippen LogP) is 3.73. The lowest BCUT2D eigenvalue weighted by atomic mass is 9.83. The fourth-order valence-corrected chi connectivity index (χ4v) is 3.40. The van der Waals surface area contributed by atoms with Crippen LogP contribution in [0.2, 0.25) is 0 Å². The molecule has 1 saturated carbocycles. The van der Waals surface area contributed by atoms with E-state index in [2.05, 4.69) is 28.2 Å². The van der Waals surface area contributed by atoms with E-state index in [4.69, 9.17) is 5.73 Å². The molecule has 0 aromatic heterocycles. The quantitative estimate of drug-likeness (QED) is 0.829. The number of hydrogen-bond acceptors (Lipinski definition) is 2. The monoisotopic (exact) mass is 324 g/mol. The maximum atomic E-state index is 12.2. The van der Waals surface area contributed by atoms with Gasteiger partial charge < -0.3 is 11.1 Å². The van der Waals surface area contributed by atoms with Crippen LogP contribution >= 0.6 is 15.9 Å². The summed E-state index contributed by atoms with van der Waals surface area (Å²) in [4.78, 5) is 12.2. The normalized spacial score (nSPS) is 17.4. The van der Waals surface area contributed by atoms with Crippen molar-refractivity contribution >= 4 is 27.5 Å². The Labute approximate surface area is 123 Å². The van der Waals surface area contributed by atoms with Crippen LogP contribution in [-0.2, 0) is 0 Å². The molecule has 1 amide bonds. The maximum absolute atomic E-state index is 12.2. The van der Waals surface area contributed by atoms with Crippen LogP contribution in [0.15, 0.2) is 22.7 Å². The summed E-state index contributed by atoms with van der Waals surface area (Å²) in [6.45, 7) is 2.99. The summed E-state index contributed by atoms with van der Waals surface area (Å²) < 4.78 is 0.837. The van der Waals surface area contributed by atoms with Crippen LogP contribution in [0, 0.1) is 5.41 Å². The molecule has 2 rings (SSSR count). The number of nitrogens with two attached hydrogens (primary N) is 1. The lowest BCUT2D eigenvalue weighted by Crippen LogP contribution is -2.35. The minimum atomic E-state index is -0.0345. The van der Waals surface area contributed by atoms with E-state index < -0.39 is 0 Å². The Bertz CT molecular complexity index is 447. The van der Waals surface area contributed by atoms with Crippen LogP contribution in [0.25, 0.3) is 0 Å². The number of nitrogen functional groups attached to an aromatic ring is 1. The van der Waals surface area contributed by atoms with Gasteiger partial charge in [0, 0.05) is 22.3 Å². The lowest BCUT2D eigenvalue weighted by molar-refractivity contribution is 0.0928. The second-order valence-electron chi connectivity index (χ2n) is 5.52. The zero-order valence-corrected chi connectivity index (χ0v) is 12.9. The van der Waals surface area contributed by atoms with Crippen molar-refractivity contribution in [1.82, 2.24) is 5.32 Å². The smallest absolute Gasteiger partial charge is 0.251 e. The van der Waals surface area contributed by atoms with Crippen molar-refractivity contribution in [2.75, 3.05) is 12.3 Å². The van der Waals surface area contributed by atoms with E-state index in [1.807, 2.05) is 0 Å². The first kappa shape index (κ1) is 14.4. The topological polar surface area (TPSA) is 55.1 Å². The zero-order chi connectivity index (χ0) is 13.9.